The molecule has 0 spiro atoms. The smallest absolute Gasteiger partial charge is 0.270 e. The molecule has 0 aliphatic heterocycles. The number of nitro benzene ring substituents is 1. The van der Waals surface area contributed by atoms with Crippen molar-refractivity contribution in [2.24, 2.45) is 0 Å². The number of hydrogen-bond acceptors (Lipinski definition) is 5. The highest BCUT2D eigenvalue weighted by molar-refractivity contribution is 5.97. The van der Waals surface area contributed by atoms with Crippen LogP contribution >= 0.6 is 0 Å². The SMILES string of the molecule is COCCCOCC(=O)c1cccc([N+](=O)[O-])c1. The van der Waals surface area contributed by atoms with Gasteiger partial charge >= 0.3 is 0 Å². The van der Waals surface area contributed by atoms with Crippen LogP contribution in [0.3, 0.4) is 0 Å². The molecule has 1 aromatic carbocycles. The molecule has 0 atom stereocenters. The van der Waals surface area contributed by atoms with Gasteiger partial charge in [-0.1, -0.05) is 12.1 Å². The summed E-state index contributed by atoms with van der Waals surface area (Å²) in [7, 11) is 1.59. The Kier molecular flexibility index (Phi) is 5.96. The summed E-state index contributed by atoms with van der Waals surface area (Å²) >= 11 is 0. The van der Waals surface area contributed by atoms with E-state index in [1.165, 1.54) is 24.3 Å². The number of carbonyl (C=O) groups excluding carboxylic acids is 1. The van der Waals surface area contributed by atoms with E-state index in [9.17, 15) is 14.9 Å². The van der Waals surface area contributed by atoms with Crippen LogP contribution in [0.1, 0.15) is 16.8 Å². The van der Waals surface area contributed by atoms with Gasteiger partial charge in [0.2, 0.25) is 0 Å². The zero-order chi connectivity index (χ0) is 13.4. The second-order valence-electron chi connectivity index (χ2n) is 3.63. The van der Waals surface area contributed by atoms with Crippen molar-refractivity contribution >= 4 is 11.5 Å². The fourth-order valence-electron chi connectivity index (χ4n) is 1.35. The van der Waals surface area contributed by atoms with E-state index in [0.717, 1.165) is 0 Å². The number of nitro groups is 1. The molecule has 1 aromatic rings. The van der Waals surface area contributed by atoms with Gasteiger partial charge in [-0.25, -0.2) is 0 Å². The van der Waals surface area contributed by atoms with Crippen molar-refractivity contribution in [3.63, 3.8) is 0 Å². The summed E-state index contributed by atoms with van der Waals surface area (Å²) in [5.74, 6) is -0.267. The summed E-state index contributed by atoms with van der Waals surface area (Å²) in [4.78, 5) is 21.7. The predicted octanol–water partition coefficient (Wildman–Crippen LogP) is 1.83. The van der Waals surface area contributed by atoms with Crippen LogP contribution in [0.2, 0.25) is 0 Å². The van der Waals surface area contributed by atoms with Crippen molar-refractivity contribution in [1.29, 1.82) is 0 Å². The van der Waals surface area contributed by atoms with Crippen molar-refractivity contribution < 1.29 is 19.2 Å². The minimum Gasteiger partial charge on any atom is -0.385 e. The molecule has 18 heavy (non-hydrogen) atoms. The molecular formula is C12H15NO5. The van der Waals surface area contributed by atoms with Gasteiger partial charge in [-0.3, -0.25) is 14.9 Å². The minimum absolute atomic E-state index is 0.0785. The van der Waals surface area contributed by atoms with Gasteiger partial charge in [0.1, 0.15) is 6.61 Å². The summed E-state index contributed by atoms with van der Waals surface area (Å²) in [6.45, 7) is 0.921. The molecule has 6 heteroatoms. The predicted molar refractivity (Wildman–Crippen MR) is 64.7 cm³/mol. The Morgan fingerprint density at radius 3 is 2.83 bits per heavy atom. The molecular weight excluding hydrogens is 238 g/mol. The highest BCUT2D eigenvalue weighted by Gasteiger charge is 2.11. The Morgan fingerprint density at radius 2 is 2.17 bits per heavy atom. The van der Waals surface area contributed by atoms with Crippen LogP contribution < -0.4 is 0 Å². The van der Waals surface area contributed by atoms with Crippen LogP contribution in [0, 0.1) is 10.1 Å². The summed E-state index contributed by atoms with van der Waals surface area (Å²) in [6.07, 6.45) is 0.707. The Balaban J connectivity index is 2.46. The maximum Gasteiger partial charge on any atom is 0.270 e. The number of ether oxygens (including phenoxy) is 2. The molecule has 0 heterocycles. The summed E-state index contributed by atoms with van der Waals surface area (Å²) in [5, 5.41) is 10.6. The molecule has 0 saturated carbocycles. The molecule has 0 aliphatic carbocycles. The lowest BCUT2D eigenvalue weighted by Crippen LogP contribution is -2.11. The minimum atomic E-state index is -0.532. The number of ketones is 1. The highest BCUT2D eigenvalue weighted by atomic mass is 16.6. The first-order valence-corrected chi connectivity index (χ1v) is 5.49. The molecule has 0 bridgehead atoms. The van der Waals surface area contributed by atoms with Gasteiger partial charge in [0, 0.05) is 38.0 Å². The van der Waals surface area contributed by atoms with E-state index in [4.69, 9.17) is 9.47 Å². The number of hydrogen-bond donors (Lipinski definition) is 0. The fourth-order valence-corrected chi connectivity index (χ4v) is 1.35. The Labute approximate surface area is 105 Å². The largest absolute Gasteiger partial charge is 0.385 e. The van der Waals surface area contributed by atoms with E-state index in [-0.39, 0.29) is 23.6 Å². The standard InChI is InChI=1S/C12H15NO5/c1-17-6-3-7-18-9-12(14)10-4-2-5-11(8-10)13(15)16/h2,4-5,8H,3,6-7,9H2,1H3. The number of nitrogens with zero attached hydrogens (tertiary/aromatic N) is 1. The van der Waals surface area contributed by atoms with Gasteiger partial charge in [-0.05, 0) is 6.42 Å². The van der Waals surface area contributed by atoms with Gasteiger partial charge in [0.15, 0.2) is 5.78 Å². The second-order valence-corrected chi connectivity index (χ2v) is 3.63. The molecule has 0 saturated heterocycles. The average molecular weight is 253 g/mol. The maximum absolute atomic E-state index is 11.7. The molecule has 0 N–H and O–H groups in total. The Bertz CT molecular complexity index is 419. The highest BCUT2D eigenvalue weighted by Crippen LogP contribution is 2.13. The van der Waals surface area contributed by atoms with Crippen molar-refractivity contribution in [3.05, 3.63) is 39.9 Å². The normalized spacial score (nSPS) is 10.3. The lowest BCUT2D eigenvalue weighted by molar-refractivity contribution is -0.384. The number of carbonyl (C=O) groups is 1. The molecule has 0 radical (unpaired) electrons. The van der Waals surface area contributed by atoms with Crippen LogP contribution in [-0.2, 0) is 9.47 Å². The number of methoxy groups -OCH3 is 1. The molecule has 6 nitrogen and oxygen atoms in total. The van der Waals surface area contributed by atoms with Crippen molar-refractivity contribution in [2.45, 2.75) is 6.42 Å². The first kappa shape index (κ1) is 14.3. The van der Waals surface area contributed by atoms with E-state index in [2.05, 4.69) is 0 Å². The Morgan fingerprint density at radius 1 is 1.39 bits per heavy atom. The summed E-state index contributed by atoms with van der Waals surface area (Å²) < 4.78 is 9.99. The van der Waals surface area contributed by atoms with Crippen LogP contribution in [0.25, 0.3) is 0 Å². The lowest BCUT2D eigenvalue weighted by Gasteiger charge is -2.03. The Hall–Kier alpha value is -1.79. The first-order chi connectivity index (χ1) is 8.65. The zero-order valence-electron chi connectivity index (χ0n) is 10.1. The van der Waals surface area contributed by atoms with Gasteiger partial charge < -0.3 is 9.47 Å². The fraction of sp³-hybridized carbons (Fsp3) is 0.417. The molecule has 98 valence electrons. The van der Waals surface area contributed by atoms with E-state index in [0.29, 0.717) is 19.6 Å². The van der Waals surface area contributed by atoms with E-state index in [1.807, 2.05) is 0 Å². The zero-order valence-corrected chi connectivity index (χ0v) is 10.1. The second kappa shape index (κ2) is 7.52. The molecule has 0 amide bonds. The summed E-state index contributed by atoms with van der Waals surface area (Å²) in [6, 6.07) is 5.61. The third-order valence-corrected chi connectivity index (χ3v) is 2.25. The van der Waals surface area contributed by atoms with E-state index >= 15 is 0 Å². The van der Waals surface area contributed by atoms with E-state index in [1.54, 1.807) is 7.11 Å². The monoisotopic (exact) mass is 253 g/mol. The third-order valence-electron chi connectivity index (χ3n) is 2.25. The molecule has 0 aromatic heterocycles. The maximum atomic E-state index is 11.7. The third kappa shape index (κ3) is 4.60. The number of non-ortho nitro benzene ring substituents is 1. The number of rotatable bonds is 8. The number of Topliss-reactive ketones (excluding diaryl/α,β-unsaturated/α-hetero) is 1. The lowest BCUT2D eigenvalue weighted by atomic mass is 10.1. The van der Waals surface area contributed by atoms with Gasteiger partial charge in [0.05, 0.1) is 4.92 Å². The quantitative estimate of drug-likeness (QED) is 0.305. The van der Waals surface area contributed by atoms with Crippen LogP contribution in [0.15, 0.2) is 24.3 Å². The number of benzene rings is 1. The molecule has 0 unspecified atom stereocenters. The first-order valence-electron chi connectivity index (χ1n) is 5.49. The van der Waals surface area contributed by atoms with Crippen LogP contribution in [-0.4, -0.2) is 37.6 Å². The van der Waals surface area contributed by atoms with Gasteiger partial charge in [0.25, 0.3) is 5.69 Å². The van der Waals surface area contributed by atoms with Crippen LogP contribution in [0.5, 0.6) is 0 Å². The average Bonchev–Trinajstić information content (AvgIpc) is 2.38. The van der Waals surface area contributed by atoms with Crippen molar-refractivity contribution in [2.75, 3.05) is 26.9 Å². The van der Waals surface area contributed by atoms with Crippen LogP contribution in [0.4, 0.5) is 5.69 Å². The van der Waals surface area contributed by atoms with Crippen molar-refractivity contribution in [3.8, 4) is 0 Å². The summed E-state index contributed by atoms with van der Waals surface area (Å²) in [5.41, 5.74) is 0.191. The van der Waals surface area contributed by atoms with Crippen molar-refractivity contribution in [1.82, 2.24) is 0 Å². The topological polar surface area (TPSA) is 78.7 Å². The van der Waals surface area contributed by atoms with E-state index < -0.39 is 4.92 Å². The van der Waals surface area contributed by atoms with Gasteiger partial charge in [-0.15, -0.1) is 0 Å². The molecule has 1 rings (SSSR count). The van der Waals surface area contributed by atoms with Gasteiger partial charge in [-0.2, -0.15) is 0 Å². The molecule has 0 aliphatic rings. The molecule has 0 fully saturated rings.